The van der Waals surface area contributed by atoms with Gasteiger partial charge in [0.1, 0.15) is 23.9 Å². The van der Waals surface area contributed by atoms with Gasteiger partial charge in [-0.3, -0.25) is 4.90 Å². The zero-order valence-corrected chi connectivity index (χ0v) is 20.3. The monoisotopic (exact) mass is 457 g/mol. The molecule has 0 saturated carbocycles. The van der Waals surface area contributed by atoms with Crippen molar-refractivity contribution in [2.45, 2.75) is 33.1 Å². The minimum atomic E-state index is 0.727. The fraction of sp³-hybridized carbons (Fsp3) is 0.310. The van der Waals surface area contributed by atoms with Gasteiger partial charge in [0.25, 0.3) is 0 Å². The molecule has 1 saturated heterocycles. The summed E-state index contributed by atoms with van der Waals surface area (Å²) in [4.78, 5) is 5.12. The summed E-state index contributed by atoms with van der Waals surface area (Å²) in [7, 11) is 0. The van der Waals surface area contributed by atoms with Gasteiger partial charge in [0.15, 0.2) is 0 Å². The molecule has 3 nitrogen and oxygen atoms in total. The second-order valence-corrected chi connectivity index (χ2v) is 10.3. The molecule has 4 aromatic rings. The Labute approximate surface area is 200 Å². The predicted molar refractivity (Wildman–Crippen MR) is 139 cm³/mol. The van der Waals surface area contributed by atoms with E-state index < -0.39 is 0 Å². The smallest absolute Gasteiger partial charge is 0.143 e. The third-order valence-electron chi connectivity index (χ3n) is 6.38. The minimum absolute atomic E-state index is 0.727. The lowest BCUT2D eigenvalue weighted by Crippen LogP contribution is -2.33. The summed E-state index contributed by atoms with van der Waals surface area (Å²) in [5.41, 5.74) is 2.38. The first kappa shape index (κ1) is 22.0. The molecule has 33 heavy (non-hydrogen) atoms. The molecule has 3 aromatic carbocycles. The molecule has 1 aromatic heterocycles. The van der Waals surface area contributed by atoms with Crippen molar-refractivity contribution >= 4 is 22.1 Å². The predicted octanol–water partition coefficient (Wildman–Crippen LogP) is 7.84. The number of thiophene rings is 1. The van der Waals surface area contributed by atoms with Crippen LogP contribution in [0.2, 0.25) is 0 Å². The molecule has 170 valence electrons. The first-order valence-corrected chi connectivity index (χ1v) is 12.7. The minimum Gasteiger partial charge on any atom is -0.492 e. The highest BCUT2D eigenvalue weighted by Crippen LogP contribution is 2.42. The highest BCUT2D eigenvalue weighted by Gasteiger charge is 2.16. The number of likely N-dealkylation sites (tertiary alicyclic amines) is 1. The van der Waals surface area contributed by atoms with Crippen LogP contribution in [-0.4, -0.2) is 31.1 Å². The van der Waals surface area contributed by atoms with Crippen molar-refractivity contribution < 1.29 is 9.47 Å². The summed E-state index contributed by atoms with van der Waals surface area (Å²) >= 11 is 1.83. The first-order valence-electron chi connectivity index (χ1n) is 11.9. The van der Waals surface area contributed by atoms with Crippen LogP contribution in [0, 0.1) is 13.8 Å². The van der Waals surface area contributed by atoms with Gasteiger partial charge in [0, 0.05) is 27.2 Å². The van der Waals surface area contributed by atoms with Crippen LogP contribution in [0.1, 0.15) is 29.0 Å². The van der Waals surface area contributed by atoms with E-state index in [1.165, 1.54) is 53.1 Å². The highest BCUT2D eigenvalue weighted by atomic mass is 32.1. The molecule has 0 N–H and O–H groups in total. The van der Waals surface area contributed by atoms with Crippen molar-refractivity contribution in [2.75, 3.05) is 26.2 Å². The number of benzene rings is 3. The van der Waals surface area contributed by atoms with Gasteiger partial charge in [-0.2, -0.15) is 0 Å². The Hall–Kier alpha value is -2.82. The van der Waals surface area contributed by atoms with Gasteiger partial charge in [-0.1, -0.05) is 36.8 Å². The van der Waals surface area contributed by atoms with Crippen LogP contribution >= 0.6 is 11.3 Å². The largest absolute Gasteiger partial charge is 0.492 e. The van der Waals surface area contributed by atoms with Crippen LogP contribution in [0.3, 0.4) is 0 Å². The number of rotatable bonds is 7. The molecule has 0 bridgehead atoms. The number of aryl methyl sites for hydroxylation is 2. The zero-order valence-electron chi connectivity index (χ0n) is 19.5. The van der Waals surface area contributed by atoms with Gasteiger partial charge in [-0.25, -0.2) is 0 Å². The van der Waals surface area contributed by atoms with Crippen molar-refractivity contribution in [3.05, 3.63) is 76.5 Å². The zero-order chi connectivity index (χ0) is 22.6. The van der Waals surface area contributed by atoms with E-state index in [2.05, 4.69) is 61.2 Å². The Morgan fingerprint density at radius 2 is 1.58 bits per heavy atom. The van der Waals surface area contributed by atoms with Gasteiger partial charge in [0.2, 0.25) is 0 Å². The molecule has 4 heteroatoms. The molecule has 0 aliphatic carbocycles. The lowest BCUT2D eigenvalue weighted by atomic mass is 10.00. The molecule has 0 radical (unpaired) electrons. The van der Waals surface area contributed by atoms with E-state index in [0.29, 0.717) is 0 Å². The van der Waals surface area contributed by atoms with Crippen molar-refractivity contribution in [1.29, 1.82) is 0 Å². The first-order chi connectivity index (χ1) is 16.2. The molecular formula is C29H31NO2S. The van der Waals surface area contributed by atoms with Crippen LogP contribution in [0.4, 0.5) is 0 Å². The number of fused-ring (bicyclic) bond motifs is 1. The average Bonchev–Trinajstić information content (AvgIpc) is 3.18. The van der Waals surface area contributed by atoms with Crippen LogP contribution in [-0.2, 0) is 0 Å². The summed E-state index contributed by atoms with van der Waals surface area (Å²) in [5.74, 6) is 2.62. The highest BCUT2D eigenvalue weighted by molar-refractivity contribution is 7.12. The van der Waals surface area contributed by atoms with E-state index >= 15 is 0 Å². The summed E-state index contributed by atoms with van der Waals surface area (Å²) in [6, 6.07) is 23.1. The second-order valence-electron chi connectivity index (χ2n) is 8.81. The standard InChI is InChI=1S/C29H31NO2S/c1-21-20-28(22(2)33-21)27-15-10-23-8-4-5-9-26(23)29(27)32-25-13-11-24(12-14-25)31-19-18-30-16-6-3-7-17-30/h4-5,8-15,20H,3,6-7,16-19H2,1-2H3. The fourth-order valence-corrected chi connectivity index (χ4v) is 5.60. The third-order valence-corrected chi connectivity index (χ3v) is 7.35. The molecule has 1 fully saturated rings. The van der Waals surface area contributed by atoms with Gasteiger partial charge >= 0.3 is 0 Å². The molecule has 5 rings (SSSR count). The second kappa shape index (κ2) is 9.98. The van der Waals surface area contributed by atoms with E-state index in [1.54, 1.807) is 0 Å². The van der Waals surface area contributed by atoms with Crippen LogP contribution in [0.25, 0.3) is 21.9 Å². The van der Waals surface area contributed by atoms with Gasteiger partial charge in [-0.15, -0.1) is 11.3 Å². The third kappa shape index (κ3) is 5.07. The maximum absolute atomic E-state index is 6.54. The van der Waals surface area contributed by atoms with E-state index in [4.69, 9.17) is 9.47 Å². The Balaban J connectivity index is 1.36. The number of nitrogens with zero attached hydrogens (tertiary/aromatic N) is 1. The summed E-state index contributed by atoms with van der Waals surface area (Å²) < 4.78 is 12.5. The van der Waals surface area contributed by atoms with Gasteiger partial charge in [-0.05, 0) is 87.1 Å². The fourth-order valence-electron chi connectivity index (χ4n) is 4.66. The molecule has 2 heterocycles. The maximum atomic E-state index is 6.54. The molecule has 0 amide bonds. The number of hydrogen-bond acceptors (Lipinski definition) is 4. The van der Waals surface area contributed by atoms with Gasteiger partial charge in [0.05, 0.1) is 0 Å². The van der Waals surface area contributed by atoms with Crippen LogP contribution < -0.4 is 9.47 Å². The maximum Gasteiger partial charge on any atom is 0.143 e. The summed E-state index contributed by atoms with van der Waals surface area (Å²) in [6.45, 7) is 8.47. The van der Waals surface area contributed by atoms with Crippen molar-refractivity contribution in [3.8, 4) is 28.4 Å². The Morgan fingerprint density at radius 3 is 2.33 bits per heavy atom. The number of hydrogen-bond donors (Lipinski definition) is 0. The molecule has 0 unspecified atom stereocenters. The lowest BCUT2D eigenvalue weighted by molar-refractivity contribution is 0.183. The van der Waals surface area contributed by atoms with Crippen LogP contribution in [0.15, 0.2) is 66.7 Å². The summed E-state index contributed by atoms with van der Waals surface area (Å²) in [6.07, 6.45) is 3.99. The van der Waals surface area contributed by atoms with E-state index in [-0.39, 0.29) is 0 Å². The van der Waals surface area contributed by atoms with Crippen molar-refractivity contribution in [2.24, 2.45) is 0 Å². The van der Waals surface area contributed by atoms with Crippen molar-refractivity contribution in [3.63, 3.8) is 0 Å². The summed E-state index contributed by atoms with van der Waals surface area (Å²) in [5, 5.41) is 2.30. The number of ether oxygens (including phenoxy) is 2. The number of piperidine rings is 1. The average molecular weight is 458 g/mol. The van der Waals surface area contributed by atoms with E-state index in [0.717, 1.165) is 41.3 Å². The Bertz CT molecular complexity index is 1220. The molecular weight excluding hydrogens is 426 g/mol. The molecule has 1 aliphatic heterocycles. The van der Waals surface area contributed by atoms with Crippen LogP contribution in [0.5, 0.6) is 17.2 Å². The normalized spacial score (nSPS) is 14.5. The Morgan fingerprint density at radius 1 is 0.818 bits per heavy atom. The van der Waals surface area contributed by atoms with Gasteiger partial charge < -0.3 is 9.47 Å². The SMILES string of the molecule is Cc1cc(-c2ccc3ccccc3c2Oc2ccc(OCCN3CCCCC3)cc2)c(C)s1. The van der Waals surface area contributed by atoms with E-state index in [1.807, 2.05) is 35.6 Å². The topological polar surface area (TPSA) is 21.7 Å². The Kier molecular flexibility index (Phi) is 6.65. The quantitative estimate of drug-likeness (QED) is 0.282. The lowest BCUT2D eigenvalue weighted by Gasteiger charge is -2.26. The van der Waals surface area contributed by atoms with E-state index in [9.17, 15) is 0 Å². The molecule has 0 spiro atoms. The molecule has 0 atom stereocenters. The van der Waals surface area contributed by atoms with Crippen molar-refractivity contribution in [1.82, 2.24) is 4.90 Å². The molecule has 1 aliphatic rings.